The third-order valence-electron chi connectivity index (χ3n) is 4.00. The van der Waals surface area contributed by atoms with Gasteiger partial charge in [0, 0.05) is 21.5 Å². The van der Waals surface area contributed by atoms with E-state index in [1.807, 2.05) is 36.4 Å². The van der Waals surface area contributed by atoms with Crippen molar-refractivity contribution >= 4 is 53.4 Å². The SMILES string of the molecule is O=c1oc2ccccc2c2c1sc1c(=O)oc3ccccc3c12. The van der Waals surface area contributed by atoms with Gasteiger partial charge in [0.2, 0.25) is 0 Å². The fourth-order valence-corrected chi connectivity index (χ4v) is 4.13. The molecule has 23 heavy (non-hydrogen) atoms. The predicted molar refractivity (Wildman–Crippen MR) is 91.4 cm³/mol. The second-order valence-corrected chi connectivity index (χ2v) is 6.30. The molecule has 0 aliphatic heterocycles. The lowest BCUT2D eigenvalue weighted by Crippen LogP contribution is -1.97. The van der Waals surface area contributed by atoms with Crippen LogP contribution in [0.3, 0.4) is 0 Å². The summed E-state index contributed by atoms with van der Waals surface area (Å²) in [5.41, 5.74) is 0.177. The first-order chi connectivity index (χ1) is 11.2. The Labute approximate surface area is 132 Å². The van der Waals surface area contributed by atoms with Crippen LogP contribution in [0.15, 0.2) is 67.0 Å². The zero-order valence-corrected chi connectivity index (χ0v) is 12.5. The minimum Gasteiger partial charge on any atom is -0.422 e. The smallest absolute Gasteiger partial charge is 0.354 e. The maximum Gasteiger partial charge on any atom is 0.354 e. The van der Waals surface area contributed by atoms with Gasteiger partial charge in [0.1, 0.15) is 20.6 Å². The third kappa shape index (κ3) is 1.59. The van der Waals surface area contributed by atoms with Gasteiger partial charge in [-0.2, -0.15) is 0 Å². The number of para-hydroxylation sites is 2. The van der Waals surface area contributed by atoms with E-state index in [1.165, 1.54) is 0 Å². The van der Waals surface area contributed by atoms with E-state index >= 15 is 0 Å². The van der Waals surface area contributed by atoms with Gasteiger partial charge in [0.05, 0.1) is 0 Å². The van der Waals surface area contributed by atoms with E-state index in [4.69, 9.17) is 8.83 Å². The second-order valence-electron chi connectivity index (χ2n) is 5.28. The molecule has 0 radical (unpaired) electrons. The van der Waals surface area contributed by atoms with E-state index < -0.39 is 11.3 Å². The van der Waals surface area contributed by atoms with Crippen LogP contribution < -0.4 is 11.3 Å². The van der Waals surface area contributed by atoms with E-state index in [1.54, 1.807) is 12.1 Å². The van der Waals surface area contributed by atoms with Crippen LogP contribution in [0.4, 0.5) is 0 Å². The molecular weight excluding hydrogens is 312 g/mol. The van der Waals surface area contributed by atoms with Gasteiger partial charge >= 0.3 is 11.3 Å². The number of rotatable bonds is 0. The van der Waals surface area contributed by atoms with Crippen LogP contribution in [0.2, 0.25) is 0 Å². The largest absolute Gasteiger partial charge is 0.422 e. The molecule has 0 amide bonds. The normalized spacial score (nSPS) is 11.8. The van der Waals surface area contributed by atoms with Crippen molar-refractivity contribution in [3.63, 3.8) is 0 Å². The highest BCUT2D eigenvalue weighted by Crippen LogP contribution is 2.38. The lowest BCUT2D eigenvalue weighted by Gasteiger charge is -2.01. The summed E-state index contributed by atoms with van der Waals surface area (Å²) >= 11 is 1.13. The van der Waals surface area contributed by atoms with E-state index in [9.17, 15) is 9.59 Å². The van der Waals surface area contributed by atoms with Crippen LogP contribution >= 0.6 is 11.3 Å². The maximum atomic E-state index is 12.3. The first-order valence-corrected chi connectivity index (χ1v) is 7.85. The van der Waals surface area contributed by atoms with Gasteiger partial charge in [0.25, 0.3) is 0 Å². The topological polar surface area (TPSA) is 60.4 Å². The number of hydrogen-bond acceptors (Lipinski definition) is 5. The predicted octanol–water partition coefficient (Wildman–Crippen LogP) is 4.27. The van der Waals surface area contributed by atoms with Crippen LogP contribution in [0, 0.1) is 0 Å². The molecule has 3 heterocycles. The first-order valence-electron chi connectivity index (χ1n) is 7.04. The zero-order chi connectivity index (χ0) is 15.6. The number of hydrogen-bond donors (Lipinski definition) is 0. The Morgan fingerprint density at radius 1 is 0.652 bits per heavy atom. The van der Waals surface area contributed by atoms with Crippen LogP contribution in [0.25, 0.3) is 42.1 Å². The van der Waals surface area contributed by atoms with Crippen molar-refractivity contribution in [3.8, 4) is 0 Å². The van der Waals surface area contributed by atoms with Crippen molar-refractivity contribution in [3.05, 3.63) is 69.4 Å². The van der Waals surface area contributed by atoms with E-state index in [-0.39, 0.29) is 0 Å². The molecule has 5 heteroatoms. The van der Waals surface area contributed by atoms with Crippen molar-refractivity contribution in [2.45, 2.75) is 0 Å². The number of fused-ring (bicyclic) bond motifs is 7. The van der Waals surface area contributed by atoms with Crippen molar-refractivity contribution in [1.82, 2.24) is 0 Å². The quantitative estimate of drug-likeness (QED) is 0.400. The summed E-state index contributed by atoms with van der Waals surface area (Å²) in [7, 11) is 0. The lowest BCUT2D eigenvalue weighted by atomic mass is 10.1. The molecule has 0 spiro atoms. The van der Waals surface area contributed by atoms with Crippen molar-refractivity contribution in [2.24, 2.45) is 0 Å². The van der Waals surface area contributed by atoms with Gasteiger partial charge in [-0.05, 0) is 12.1 Å². The zero-order valence-electron chi connectivity index (χ0n) is 11.7. The van der Waals surface area contributed by atoms with Gasteiger partial charge in [-0.3, -0.25) is 0 Å². The standard InChI is InChI=1S/C18H8O4S/c19-17-15-13(9-5-1-3-7-11(9)21-17)14-10-6-2-4-8-12(10)22-18(20)16(14)23-15/h1-8H. The van der Waals surface area contributed by atoms with Gasteiger partial charge < -0.3 is 8.83 Å². The molecule has 0 saturated carbocycles. The third-order valence-corrected chi connectivity index (χ3v) is 5.15. The molecule has 0 unspecified atom stereocenters. The Hall–Kier alpha value is -2.92. The molecular formula is C18H8O4S. The highest BCUT2D eigenvalue weighted by atomic mass is 32.1. The molecule has 110 valence electrons. The molecule has 0 fully saturated rings. The summed E-state index contributed by atoms with van der Waals surface area (Å²) in [5.74, 6) is 0. The molecule has 0 atom stereocenters. The summed E-state index contributed by atoms with van der Waals surface area (Å²) in [6.45, 7) is 0. The minimum atomic E-state index is -0.427. The maximum absolute atomic E-state index is 12.3. The average molecular weight is 320 g/mol. The molecule has 0 saturated heterocycles. The number of thiophene rings is 1. The Balaban J connectivity index is 2.27. The molecule has 0 bridgehead atoms. The van der Waals surface area contributed by atoms with Crippen LogP contribution in [-0.4, -0.2) is 0 Å². The fraction of sp³-hybridized carbons (Fsp3) is 0. The summed E-state index contributed by atoms with van der Waals surface area (Å²) in [6, 6.07) is 14.7. The fourth-order valence-electron chi connectivity index (χ4n) is 3.05. The summed E-state index contributed by atoms with van der Waals surface area (Å²) < 4.78 is 11.7. The van der Waals surface area contributed by atoms with Gasteiger partial charge in [-0.1, -0.05) is 36.4 Å². The van der Waals surface area contributed by atoms with Gasteiger partial charge in [-0.25, -0.2) is 9.59 Å². The molecule has 4 nitrogen and oxygen atoms in total. The second kappa shape index (κ2) is 4.30. The molecule has 2 aromatic carbocycles. The summed E-state index contributed by atoms with van der Waals surface area (Å²) in [4.78, 5) is 24.6. The van der Waals surface area contributed by atoms with Crippen LogP contribution in [0.5, 0.6) is 0 Å². The highest BCUT2D eigenvalue weighted by Gasteiger charge is 2.19. The van der Waals surface area contributed by atoms with Crippen LogP contribution in [0.1, 0.15) is 0 Å². The highest BCUT2D eigenvalue weighted by molar-refractivity contribution is 7.26. The Kier molecular flexibility index (Phi) is 2.36. The van der Waals surface area contributed by atoms with Crippen LogP contribution in [-0.2, 0) is 0 Å². The lowest BCUT2D eigenvalue weighted by molar-refractivity contribution is 0.570. The number of benzene rings is 2. The van der Waals surface area contributed by atoms with Crippen molar-refractivity contribution in [1.29, 1.82) is 0 Å². The minimum absolute atomic E-state index is 0.427. The molecule has 5 rings (SSSR count). The summed E-state index contributed by atoms with van der Waals surface area (Å²) in [6.07, 6.45) is 0. The molecule has 0 aliphatic rings. The average Bonchev–Trinajstić information content (AvgIpc) is 2.98. The van der Waals surface area contributed by atoms with E-state index in [2.05, 4.69) is 0 Å². The molecule has 0 N–H and O–H groups in total. The first kappa shape index (κ1) is 12.6. The Bertz CT molecular complexity index is 1250. The van der Waals surface area contributed by atoms with Gasteiger partial charge in [-0.15, -0.1) is 11.3 Å². The van der Waals surface area contributed by atoms with Gasteiger partial charge in [0.15, 0.2) is 0 Å². The van der Waals surface area contributed by atoms with Crippen molar-refractivity contribution < 1.29 is 8.83 Å². The molecule has 0 aliphatic carbocycles. The molecule has 5 aromatic rings. The van der Waals surface area contributed by atoms with E-state index in [0.717, 1.165) is 32.9 Å². The van der Waals surface area contributed by atoms with E-state index in [0.29, 0.717) is 20.6 Å². The Morgan fingerprint density at radius 2 is 1.09 bits per heavy atom. The van der Waals surface area contributed by atoms with Crippen molar-refractivity contribution in [2.75, 3.05) is 0 Å². The monoisotopic (exact) mass is 320 g/mol. The Morgan fingerprint density at radius 3 is 1.57 bits per heavy atom. The summed E-state index contributed by atoms with van der Waals surface area (Å²) in [5, 5.41) is 3.18. The molecule has 3 aromatic heterocycles.